The predicted molar refractivity (Wildman–Crippen MR) is 90.1 cm³/mol. The molecule has 1 aromatic heterocycles. The number of thiophene rings is 1. The molecule has 2 aromatic rings. The fraction of sp³-hybridized carbons (Fsp3) is 0.312. The van der Waals surface area contributed by atoms with Gasteiger partial charge >= 0.3 is 0 Å². The summed E-state index contributed by atoms with van der Waals surface area (Å²) < 4.78 is 13.5. The molecule has 1 amide bonds. The molecule has 0 aliphatic carbocycles. The van der Waals surface area contributed by atoms with E-state index in [1.807, 2.05) is 5.38 Å². The smallest absolute Gasteiger partial charge is 0.292 e. The zero-order chi connectivity index (χ0) is 17.1. The van der Waals surface area contributed by atoms with Gasteiger partial charge in [-0.05, 0) is 30.4 Å². The molecule has 0 spiro atoms. The van der Waals surface area contributed by atoms with Crippen molar-refractivity contribution in [3.8, 4) is 0 Å². The highest BCUT2D eigenvalue weighted by molar-refractivity contribution is 7.08. The molecule has 0 atom stereocenters. The third-order valence-corrected chi connectivity index (χ3v) is 4.77. The molecule has 2 heterocycles. The summed E-state index contributed by atoms with van der Waals surface area (Å²) in [6.07, 6.45) is 1.31. The van der Waals surface area contributed by atoms with Crippen molar-refractivity contribution in [3.63, 3.8) is 0 Å². The minimum absolute atomic E-state index is 0.0151. The van der Waals surface area contributed by atoms with Crippen LogP contribution in [-0.2, 0) is 0 Å². The van der Waals surface area contributed by atoms with Crippen molar-refractivity contribution in [1.82, 2.24) is 5.32 Å². The standard InChI is InChI=1S/C16H16FN3O3S/c17-12-1-2-14(20(22)23)15(9-12)19-6-3-13(4-7-19)18-16(21)11-5-8-24-10-11/h1-2,5,8-10,13H,3-4,6-7H2,(H,18,21). The molecule has 0 radical (unpaired) electrons. The number of anilines is 1. The Morgan fingerprint density at radius 1 is 1.33 bits per heavy atom. The van der Waals surface area contributed by atoms with Crippen LogP contribution in [0.1, 0.15) is 23.2 Å². The molecular formula is C16H16FN3O3S. The first-order valence-corrected chi connectivity index (χ1v) is 8.51. The number of amides is 1. The zero-order valence-electron chi connectivity index (χ0n) is 12.8. The Morgan fingerprint density at radius 2 is 2.08 bits per heavy atom. The Kier molecular flexibility index (Phi) is 4.75. The van der Waals surface area contributed by atoms with E-state index in [-0.39, 0.29) is 17.6 Å². The molecule has 24 heavy (non-hydrogen) atoms. The van der Waals surface area contributed by atoms with E-state index in [0.717, 1.165) is 6.07 Å². The quantitative estimate of drug-likeness (QED) is 0.679. The molecule has 3 rings (SSSR count). The highest BCUT2D eigenvalue weighted by Crippen LogP contribution is 2.31. The Morgan fingerprint density at radius 3 is 2.71 bits per heavy atom. The molecule has 6 nitrogen and oxygen atoms in total. The maximum Gasteiger partial charge on any atom is 0.292 e. The maximum absolute atomic E-state index is 13.5. The Balaban J connectivity index is 1.64. The van der Waals surface area contributed by atoms with E-state index in [1.165, 1.54) is 23.5 Å². The Bertz CT molecular complexity index is 743. The van der Waals surface area contributed by atoms with E-state index < -0.39 is 10.7 Å². The fourth-order valence-corrected chi connectivity index (χ4v) is 3.47. The molecule has 0 saturated carbocycles. The van der Waals surface area contributed by atoms with E-state index in [9.17, 15) is 19.3 Å². The summed E-state index contributed by atoms with van der Waals surface area (Å²) >= 11 is 1.46. The highest BCUT2D eigenvalue weighted by atomic mass is 32.1. The van der Waals surface area contributed by atoms with Crippen LogP contribution in [0.5, 0.6) is 0 Å². The summed E-state index contributed by atoms with van der Waals surface area (Å²) in [6, 6.07) is 5.26. The van der Waals surface area contributed by atoms with E-state index in [0.29, 0.717) is 37.2 Å². The lowest BCUT2D eigenvalue weighted by molar-refractivity contribution is -0.384. The van der Waals surface area contributed by atoms with Crippen LogP contribution in [0.25, 0.3) is 0 Å². The summed E-state index contributed by atoms with van der Waals surface area (Å²) in [7, 11) is 0. The lowest BCUT2D eigenvalue weighted by Crippen LogP contribution is -2.44. The van der Waals surface area contributed by atoms with Crippen LogP contribution in [-0.4, -0.2) is 30.0 Å². The van der Waals surface area contributed by atoms with E-state index >= 15 is 0 Å². The zero-order valence-corrected chi connectivity index (χ0v) is 13.6. The molecule has 1 N–H and O–H groups in total. The number of piperidine rings is 1. The second kappa shape index (κ2) is 6.96. The molecule has 1 aromatic carbocycles. The lowest BCUT2D eigenvalue weighted by Gasteiger charge is -2.33. The summed E-state index contributed by atoms with van der Waals surface area (Å²) in [4.78, 5) is 24.5. The van der Waals surface area contributed by atoms with E-state index in [4.69, 9.17) is 0 Å². The Hall–Kier alpha value is -2.48. The van der Waals surface area contributed by atoms with Gasteiger partial charge < -0.3 is 10.2 Å². The number of carbonyl (C=O) groups excluding carboxylic acids is 1. The summed E-state index contributed by atoms with van der Waals surface area (Å²) in [6.45, 7) is 1.05. The van der Waals surface area contributed by atoms with Gasteiger partial charge in [0.05, 0.1) is 4.92 Å². The number of nitrogens with one attached hydrogen (secondary N) is 1. The molecular weight excluding hydrogens is 333 g/mol. The first-order chi connectivity index (χ1) is 11.5. The number of nitro groups is 1. The van der Waals surface area contributed by atoms with E-state index in [1.54, 1.807) is 16.3 Å². The molecule has 1 aliphatic rings. The predicted octanol–water partition coefficient (Wildman–Crippen LogP) is 3.19. The monoisotopic (exact) mass is 349 g/mol. The third-order valence-electron chi connectivity index (χ3n) is 4.09. The third kappa shape index (κ3) is 3.53. The highest BCUT2D eigenvalue weighted by Gasteiger charge is 2.26. The van der Waals surface area contributed by atoms with Crippen LogP contribution in [0.4, 0.5) is 15.8 Å². The Labute approximate surface area is 142 Å². The molecule has 0 unspecified atom stereocenters. The van der Waals surface area contributed by atoms with Crippen molar-refractivity contribution in [2.24, 2.45) is 0 Å². The average molecular weight is 349 g/mol. The number of carbonyl (C=O) groups is 1. The molecule has 126 valence electrons. The second-order valence-electron chi connectivity index (χ2n) is 5.64. The van der Waals surface area contributed by atoms with Gasteiger partial charge in [0.2, 0.25) is 0 Å². The average Bonchev–Trinajstić information content (AvgIpc) is 3.10. The van der Waals surface area contributed by atoms with Crippen molar-refractivity contribution in [1.29, 1.82) is 0 Å². The fourth-order valence-electron chi connectivity index (χ4n) is 2.83. The number of benzene rings is 1. The van der Waals surface area contributed by atoms with Gasteiger partial charge in [-0.25, -0.2) is 4.39 Å². The first-order valence-electron chi connectivity index (χ1n) is 7.56. The second-order valence-corrected chi connectivity index (χ2v) is 6.42. The van der Waals surface area contributed by atoms with Crippen LogP contribution in [0.2, 0.25) is 0 Å². The first kappa shape index (κ1) is 16.4. The number of hydrogen-bond donors (Lipinski definition) is 1. The minimum Gasteiger partial charge on any atom is -0.366 e. The van der Waals surface area contributed by atoms with Gasteiger partial charge in [0.1, 0.15) is 11.5 Å². The number of nitrogens with zero attached hydrogens (tertiary/aromatic N) is 2. The number of hydrogen-bond acceptors (Lipinski definition) is 5. The van der Waals surface area contributed by atoms with Gasteiger partial charge in [-0.2, -0.15) is 11.3 Å². The van der Waals surface area contributed by atoms with Crippen LogP contribution in [0.3, 0.4) is 0 Å². The van der Waals surface area contributed by atoms with Crippen LogP contribution >= 0.6 is 11.3 Å². The molecule has 8 heteroatoms. The topological polar surface area (TPSA) is 75.5 Å². The van der Waals surface area contributed by atoms with Crippen LogP contribution in [0.15, 0.2) is 35.0 Å². The molecule has 1 fully saturated rings. The van der Waals surface area contributed by atoms with Gasteiger partial charge in [0, 0.05) is 42.2 Å². The maximum atomic E-state index is 13.5. The van der Waals surface area contributed by atoms with E-state index in [2.05, 4.69) is 5.32 Å². The van der Waals surface area contributed by atoms with Gasteiger partial charge in [-0.3, -0.25) is 14.9 Å². The van der Waals surface area contributed by atoms with Gasteiger partial charge in [0.25, 0.3) is 11.6 Å². The van der Waals surface area contributed by atoms with Gasteiger partial charge in [-0.15, -0.1) is 0 Å². The van der Waals surface area contributed by atoms with Crippen LogP contribution in [0, 0.1) is 15.9 Å². The minimum atomic E-state index is -0.501. The summed E-state index contributed by atoms with van der Waals surface area (Å²) in [5.74, 6) is -0.602. The number of rotatable bonds is 4. The SMILES string of the molecule is O=C(NC1CCN(c2cc(F)ccc2[N+](=O)[O-])CC1)c1ccsc1. The van der Waals surface area contributed by atoms with Crippen molar-refractivity contribution < 1.29 is 14.1 Å². The molecule has 1 aliphatic heterocycles. The van der Waals surface area contributed by atoms with Crippen LogP contribution < -0.4 is 10.2 Å². The largest absolute Gasteiger partial charge is 0.366 e. The number of nitro benzene ring substituents is 1. The lowest BCUT2D eigenvalue weighted by atomic mass is 10.0. The molecule has 1 saturated heterocycles. The van der Waals surface area contributed by atoms with Crippen molar-refractivity contribution in [2.75, 3.05) is 18.0 Å². The van der Waals surface area contributed by atoms with Gasteiger partial charge in [-0.1, -0.05) is 0 Å². The van der Waals surface area contributed by atoms with Crippen molar-refractivity contribution in [2.45, 2.75) is 18.9 Å². The van der Waals surface area contributed by atoms with Crippen molar-refractivity contribution in [3.05, 3.63) is 56.5 Å². The van der Waals surface area contributed by atoms with Crippen molar-refractivity contribution >= 4 is 28.6 Å². The summed E-state index contributed by atoms with van der Waals surface area (Å²) in [5.41, 5.74) is 0.836. The number of halogens is 1. The van der Waals surface area contributed by atoms with Gasteiger partial charge in [0.15, 0.2) is 0 Å². The normalized spacial score (nSPS) is 15.3. The molecule has 0 bridgehead atoms. The summed E-state index contributed by atoms with van der Waals surface area (Å²) in [5, 5.41) is 17.7.